The molecule has 2 unspecified atom stereocenters. The Bertz CT molecular complexity index is 369. The molecule has 0 amide bonds. The summed E-state index contributed by atoms with van der Waals surface area (Å²) in [7, 11) is 0. The molecule has 1 aromatic heterocycles. The van der Waals surface area contributed by atoms with Gasteiger partial charge in [0.1, 0.15) is 5.01 Å². The second kappa shape index (κ2) is 3.94. The van der Waals surface area contributed by atoms with Crippen LogP contribution in [-0.4, -0.2) is 38.4 Å². The van der Waals surface area contributed by atoms with Crippen LogP contribution in [0, 0.1) is 0 Å². The predicted octanol–water partition coefficient (Wildman–Crippen LogP) is 0.608. The lowest BCUT2D eigenvalue weighted by Gasteiger charge is -2.36. The monoisotopic (exact) mass is 240 g/mol. The first kappa shape index (κ1) is 10.4. The third kappa shape index (κ3) is 1.81. The van der Waals surface area contributed by atoms with Crippen LogP contribution in [0.4, 0.5) is 5.13 Å². The minimum Gasteiger partial charge on any atom is -0.393 e. The maximum Gasteiger partial charge on any atom is 0.203 e. The normalized spacial score (nSPS) is 34.4. The molecule has 1 aromatic rings. The van der Waals surface area contributed by atoms with Crippen molar-refractivity contribution < 1.29 is 5.11 Å². The van der Waals surface area contributed by atoms with E-state index < -0.39 is 0 Å². The third-order valence-corrected chi connectivity index (χ3v) is 4.40. The molecule has 3 N–H and O–H groups in total. The number of nitrogens with two attached hydrogens (primary N) is 1. The molecule has 2 aliphatic heterocycles. The van der Waals surface area contributed by atoms with Gasteiger partial charge in [0.2, 0.25) is 5.13 Å². The molecule has 0 radical (unpaired) electrons. The highest BCUT2D eigenvalue weighted by Crippen LogP contribution is 2.37. The van der Waals surface area contributed by atoms with Gasteiger partial charge in [-0.1, -0.05) is 11.3 Å². The van der Waals surface area contributed by atoms with Gasteiger partial charge >= 0.3 is 0 Å². The minimum absolute atomic E-state index is 0.103. The van der Waals surface area contributed by atoms with E-state index in [2.05, 4.69) is 15.1 Å². The molecule has 2 aliphatic rings. The van der Waals surface area contributed by atoms with Crippen molar-refractivity contribution in [2.45, 2.75) is 50.4 Å². The first-order valence-electron chi connectivity index (χ1n) is 5.74. The summed E-state index contributed by atoms with van der Waals surface area (Å²) in [6.45, 7) is 0.844. The maximum absolute atomic E-state index is 9.71. The highest BCUT2D eigenvalue weighted by atomic mass is 32.1. The Kier molecular flexibility index (Phi) is 2.57. The van der Waals surface area contributed by atoms with Crippen molar-refractivity contribution in [3.8, 4) is 0 Å². The van der Waals surface area contributed by atoms with Gasteiger partial charge in [-0.25, -0.2) is 0 Å². The lowest BCUT2D eigenvalue weighted by Crippen LogP contribution is -2.44. The molecule has 0 spiro atoms. The van der Waals surface area contributed by atoms with Crippen LogP contribution in [0.15, 0.2) is 0 Å². The van der Waals surface area contributed by atoms with Gasteiger partial charge < -0.3 is 10.8 Å². The fourth-order valence-electron chi connectivity index (χ4n) is 2.99. The van der Waals surface area contributed by atoms with Crippen molar-refractivity contribution in [2.24, 2.45) is 0 Å². The number of piperidine rings is 1. The molecular formula is C10H16N4OS. The van der Waals surface area contributed by atoms with Crippen LogP contribution < -0.4 is 5.73 Å². The van der Waals surface area contributed by atoms with Crippen molar-refractivity contribution in [3.63, 3.8) is 0 Å². The average Bonchev–Trinajstić information content (AvgIpc) is 2.72. The Labute approximate surface area is 98.3 Å². The van der Waals surface area contributed by atoms with Gasteiger partial charge in [-0.05, 0) is 25.7 Å². The van der Waals surface area contributed by atoms with Gasteiger partial charge in [0.25, 0.3) is 0 Å². The largest absolute Gasteiger partial charge is 0.393 e. The molecule has 2 saturated heterocycles. The van der Waals surface area contributed by atoms with Crippen molar-refractivity contribution in [2.75, 3.05) is 5.73 Å². The summed E-state index contributed by atoms with van der Waals surface area (Å²) in [5.74, 6) is 0. The molecule has 88 valence electrons. The Hall–Kier alpha value is -0.720. The first-order valence-corrected chi connectivity index (χ1v) is 6.55. The fourth-order valence-corrected chi connectivity index (χ4v) is 3.61. The SMILES string of the molecule is Nc1nnc(CN2C3CCC2CC(O)C3)s1. The van der Waals surface area contributed by atoms with Gasteiger partial charge in [0, 0.05) is 12.1 Å². The standard InChI is InChI=1S/C10H16N4OS/c11-10-13-12-9(16-10)5-14-6-1-2-7(14)4-8(15)3-6/h6-8,15H,1-5H2,(H2,11,13). The summed E-state index contributed by atoms with van der Waals surface area (Å²) in [6.07, 6.45) is 4.12. The van der Waals surface area contributed by atoms with Gasteiger partial charge in [0.05, 0.1) is 12.6 Å². The Morgan fingerprint density at radius 2 is 2.00 bits per heavy atom. The summed E-state index contributed by atoms with van der Waals surface area (Å²) in [4.78, 5) is 2.46. The van der Waals surface area contributed by atoms with Crippen molar-refractivity contribution in [1.29, 1.82) is 0 Å². The minimum atomic E-state index is -0.103. The molecule has 0 aliphatic carbocycles. The van der Waals surface area contributed by atoms with Crippen molar-refractivity contribution in [3.05, 3.63) is 5.01 Å². The molecule has 0 saturated carbocycles. The van der Waals surface area contributed by atoms with E-state index in [1.165, 1.54) is 24.2 Å². The van der Waals surface area contributed by atoms with E-state index in [0.717, 1.165) is 24.4 Å². The Morgan fingerprint density at radius 3 is 2.56 bits per heavy atom. The van der Waals surface area contributed by atoms with Gasteiger partial charge in [-0.15, -0.1) is 10.2 Å². The Morgan fingerprint density at radius 1 is 1.31 bits per heavy atom. The maximum atomic E-state index is 9.71. The molecule has 3 rings (SSSR count). The molecular weight excluding hydrogens is 224 g/mol. The van der Waals surface area contributed by atoms with Crippen LogP contribution in [0.25, 0.3) is 0 Å². The fraction of sp³-hybridized carbons (Fsp3) is 0.800. The average molecular weight is 240 g/mol. The number of hydrogen-bond acceptors (Lipinski definition) is 6. The number of rotatable bonds is 2. The summed E-state index contributed by atoms with van der Waals surface area (Å²) in [5, 5.41) is 19.1. The smallest absolute Gasteiger partial charge is 0.203 e. The van der Waals surface area contributed by atoms with E-state index in [-0.39, 0.29) is 6.10 Å². The van der Waals surface area contributed by atoms with Crippen LogP contribution in [0.1, 0.15) is 30.7 Å². The zero-order valence-electron chi connectivity index (χ0n) is 9.04. The lowest BCUT2D eigenvalue weighted by atomic mass is 10.0. The van der Waals surface area contributed by atoms with Gasteiger partial charge in [-0.2, -0.15) is 0 Å². The number of aromatic nitrogens is 2. The zero-order valence-corrected chi connectivity index (χ0v) is 9.86. The third-order valence-electron chi connectivity index (χ3n) is 3.66. The molecule has 2 bridgehead atoms. The second-order valence-corrected chi connectivity index (χ2v) is 5.81. The molecule has 5 nitrogen and oxygen atoms in total. The molecule has 3 heterocycles. The summed E-state index contributed by atoms with van der Waals surface area (Å²) in [5.41, 5.74) is 5.58. The number of fused-ring (bicyclic) bond motifs is 2. The second-order valence-electron chi connectivity index (χ2n) is 4.72. The quantitative estimate of drug-likeness (QED) is 0.792. The number of aliphatic hydroxyl groups excluding tert-OH is 1. The molecule has 2 atom stereocenters. The van der Waals surface area contributed by atoms with E-state index >= 15 is 0 Å². The number of nitrogens with zero attached hydrogens (tertiary/aromatic N) is 3. The molecule has 16 heavy (non-hydrogen) atoms. The van der Waals surface area contributed by atoms with E-state index in [4.69, 9.17) is 5.73 Å². The van der Waals surface area contributed by atoms with E-state index in [9.17, 15) is 5.11 Å². The Balaban J connectivity index is 1.72. The number of anilines is 1. The van der Waals surface area contributed by atoms with Crippen LogP contribution in [0.5, 0.6) is 0 Å². The summed E-state index contributed by atoms with van der Waals surface area (Å²) >= 11 is 1.47. The van der Waals surface area contributed by atoms with Crippen molar-refractivity contribution in [1.82, 2.24) is 15.1 Å². The highest BCUT2D eigenvalue weighted by molar-refractivity contribution is 7.15. The van der Waals surface area contributed by atoms with Crippen LogP contribution in [-0.2, 0) is 6.54 Å². The number of aliphatic hydroxyl groups is 1. The summed E-state index contributed by atoms with van der Waals surface area (Å²) < 4.78 is 0. The highest BCUT2D eigenvalue weighted by Gasteiger charge is 2.40. The van der Waals surface area contributed by atoms with Crippen LogP contribution >= 0.6 is 11.3 Å². The lowest BCUT2D eigenvalue weighted by molar-refractivity contribution is 0.0309. The number of nitrogen functional groups attached to an aromatic ring is 1. The van der Waals surface area contributed by atoms with E-state index in [1.807, 2.05) is 0 Å². The van der Waals surface area contributed by atoms with Crippen LogP contribution in [0.3, 0.4) is 0 Å². The van der Waals surface area contributed by atoms with E-state index in [0.29, 0.717) is 17.2 Å². The predicted molar refractivity (Wildman–Crippen MR) is 61.9 cm³/mol. The van der Waals surface area contributed by atoms with Crippen molar-refractivity contribution >= 4 is 16.5 Å². The molecule has 2 fully saturated rings. The molecule has 0 aromatic carbocycles. The van der Waals surface area contributed by atoms with Gasteiger partial charge in [-0.3, -0.25) is 4.90 Å². The zero-order chi connectivity index (χ0) is 11.1. The summed E-state index contributed by atoms with van der Waals surface area (Å²) in [6, 6.07) is 1.05. The van der Waals surface area contributed by atoms with Gasteiger partial charge in [0.15, 0.2) is 0 Å². The number of hydrogen-bond donors (Lipinski definition) is 2. The topological polar surface area (TPSA) is 75.3 Å². The molecule has 6 heteroatoms. The first-order chi connectivity index (χ1) is 7.72. The van der Waals surface area contributed by atoms with E-state index in [1.54, 1.807) is 0 Å². The van der Waals surface area contributed by atoms with Crippen LogP contribution in [0.2, 0.25) is 0 Å².